The molecule has 7 nitrogen and oxygen atoms in total. The van der Waals surface area contributed by atoms with E-state index in [4.69, 9.17) is 9.72 Å². The number of benzene rings is 1. The van der Waals surface area contributed by atoms with Crippen LogP contribution in [-0.4, -0.2) is 62.8 Å². The van der Waals surface area contributed by atoms with Gasteiger partial charge in [-0.1, -0.05) is 0 Å². The van der Waals surface area contributed by atoms with Gasteiger partial charge < -0.3 is 9.64 Å². The van der Waals surface area contributed by atoms with Crippen LogP contribution in [0.1, 0.15) is 11.4 Å². The predicted molar refractivity (Wildman–Crippen MR) is 110 cm³/mol. The van der Waals surface area contributed by atoms with Crippen molar-refractivity contribution in [1.82, 2.24) is 20.2 Å². The van der Waals surface area contributed by atoms with Gasteiger partial charge in [0.1, 0.15) is 5.82 Å². The Morgan fingerprint density at radius 1 is 1.26 bits per heavy atom. The number of H-pyrrole nitrogens is 1. The molecular weight excluding hydrogens is 362 g/mol. The number of aryl methyl sites for hydroxylation is 1. The molecular formula is C19H23N5O2S. The fourth-order valence-electron chi connectivity index (χ4n) is 3.24. The summed E-state index contributed by atoms with van der Waals surface area (Å²) in [6.45, 7) is 4.88. The summed E-state index contributed by atoms with van der Waals surface area (Å²) in [5.41, 5.74) is 3.57. The predicted octanol–water partition coefficient (Wildman–Crippen LogP) is 2.01. The van der Waals surface area contributed by atoms with E-state index in [1.54, 1.807) is 6.26 Å². The lowest BCUT2D eigenvalue weighted by Gasteiger charge is -2.28. The van der Waals surface area contributed by atoms with E-state index >= 15 is 0 Å². The summed E-state index contributed by atoms with van der Waals surface area (Å²) >= 11 is 0. The zero-order valence-electron chi connectivity index (χ0n) is 15.6. The van der Waals surface area contributed by atoms with E-state index in [-0.39, 0.29) is 0 Å². The third-order valence-corrected chi connectivity index (χ3v) is 5.47. The summed E-state index contributed by atoms with van der Waals surface area (Å²) in [6.07, 6.45) is 1.66. The van der Waals surface area contributed by atoms with Crippen LogP contribution < -0.4 is 4.90 Å². The number of nitrogens with one attached hydrogen (secondary N) is 1. The van der Waals surface area contributed by atoms with Gasteiger partial charge in [0.15, 0.2) is 5.82 Å². The van der Waals surface area contributed by atoms with Gasteiger partial charge in [-0.05, 0) is 40.5 Å². The second-order valence-electron chi connectivity index (χ2n) is 7.04. The van der Waals surface area contributed by atoms with Crippen molar-refractivity contribution in [2.24, 2.45) is 0 Å². The van der Waals surface area contributed by atoms with Gasteiger partial charge in [-0.25, -0.2) is 9.97 Å². The van der Waals surface area contributed by atoms with Crippen LogP contribution in [0.4, 0.5) is 5.82 Å². The minimum absolute atomic E-state index is 0.326. The van der Waals surface area contributed by atoms with Gasteiger partial charge in [0.05, 0.1) is 35.9 Å². The monoisotopic (exact) mass is 385 g/mol. The summed E-state index contributed by atoms with van der Waals surface area (Å²) in [6, 6.07) is 7.93. The molecule has 1 aliphatic heterocycles. The van der Waals surface area contributed by atoms with Crippen LogP contribution >= 0.6 is 0 Å². The topological polar surface area (TPSA) is 84.0 Å². The molecule has 0 amide bonds. The summed E-state index contributed by atoms with van der Waals surface area (Å²) in [4.78, 5) is 11.7. The lowest BCUT2D eigenvalue weighted by atomic mass is 10.1. The van der Waals surface area contributed by atoms with Crippen LogP contribution in [0.2, 0.25) is 0 Å². The van der Waals surface area contributed by atoms with Gasteiger partial charge in [0.25, 0.3) is 0 Å². The highest BCUT2D eigenvalue weighted by molar-refractivity contribution is 7.98. The van der Waals surface area contributed by atoms with Crippen LogP contribution in [0.15, 0.2) is 24.3 Å². The first-order valence-corrected chi connectivity index (χ1v) is 11.2. The number of morpholine rings is 1. The fourth-order valence-corrected chi connectivity index (χ4v) is 4.01. The number of hydrogen-bond donors (Lipinski definition) is 1. The van der Waals surface area contributed by atoms with E-state index < -0.39 is 9.52 Å². The number of hydrogen-bond acceptors (Lipinski definition) is 6. The lowest BCUT2D eigenvalue weighted by Crippen LogP contribution is -2.37. The van der Waals surface area contributed by atoms with Crippen LogP contribution in [0, 0.1) is 6.92 Å². The molecule has 0 spiro atoms. The summed E-state index contributed by atoms with van der Waals surface area (Å²) in [7, 11) is -2.20. The summed E-state index contributed by atoms with van der Waals surface area (Å²) in [5.74, 6) is 5.57. The average molecular weight is 385 g/mol. The molecule has 1 unspecified atom stereocenters. The van der Waals surface area contributed by atoms with Crippen molar-refractivity contribution in [1.29, 1.82) is 0 Å². The second kappa shape index (κ2) is 6.94. The third kappa shape index (κ3) is 3.96. The molecule has 1 aromatic carbocycles. The first-order chi connectivity index (χ1) is 12.9. The number of nitrogens with zero attached hydrogens (tertiary/aromatic N) is 4. The van der Waals surface area contributed by atoms with Crippen LogP contribution in [-0.2, 0) is 20.0 Å². The number of aromatic nitrogens is 4. The van der Waals surface area contributed by atoms with Crippen LogP contribution in [0.3, 0.4) is 0 Å². The van der Waals surface area contributed by atoms with Crippen molar-refractivity contribution in [3.63, 3.8) is 0 Å². The lowest BCUT2D eigenvalue weighted by molar-refractivity contribution is 0.122. The van der Waals surface area contributed by atoms with Gasteiger partial charge in [-0.15, -0.1) is 0 Å². The molecule has 8 heteroatoms. The normalized spacial score (nSPS) is 17.2. The Balaban J connectivity index is 1.81. The number of anilines is 1. The van der Waals surface area contributed by atoms with E-state index in [9.17, 15) is 4.21 Å². The van der Waals surface area contributed by atoms with Gasteiger partial charge >= 0.3 is 0 Å². The van der Waals surface area contributed by atoms with Gasteiger partial charge in [0, 0.05) is 36.4 Å². The molecule has 4 rings (SSSR count). The van der Waals surface area contributed by atoms with E-state index in [2.05, 4.69) is 26.0 Å². The molecule has 0 saturated carbocycles. The molecule has 0 bridgehead atoms. The zero-order valence-corrected chi connectivity index (χ0v) is 16.4. The van der Waals surface area contributed by atoms with E-state index in [0.717, 1.165) is 46.8 Å². The SMILES string of the molecule is C=S(C)(=O)Cc1cc(N2CCOCC2)nc(-c2ccc3[nH]nc(C)c3c2)n1. The van der Waals surface area contributed by atoms with Crippen LogP contribution in [0.25, 0.3) is 22.3 Å². The molecule has 1 aliphatic rings. The first-order valence-electron chi connectivity index (χ1n) is 8.85. The fraction of sp³-hybridized carbons (Fsp3) is 0.368. The maximum Gasteiger partial charge on any atom is 0.161 e. The number of fused-ring (bicyclic) bond motifs is 1. The summed E-state index contributed by atoms with van der Waals surface area (Å²) in [5, 5.41) is 8.31. The van der Waals surface area contributed by atoms with Crippen molar-refractivity contribution < 1.29 is 8.95 Å². The highest BCUT2D eigenvalue weighted by atomic mass is 32.2. The number of aromatic amines is 1. The number of ether oxygens (including phenoxy) is 1. The molecule has 3 aromatic rings. The Bertz CT molecular complexity index is 1080. The highest BCUT2D eigenvalue weighted by Crippen LogP contribution is 2.26. The van der Waals surface area contributed by atoms with Crippen molar-refractivity contribution in [2.75, 3.05) is 37.5 Å². The number of rotatable bonds is 4. The molecule has 3 heterocycles. The van der Waals surface area contributed by atoms with Crippen molar-refractivity contribution in [3.8, 4) is 11.4 Å². The first kappa shape index (κ1) is 17.9. The maximum atomic E-state index is 12.3. The Kier molecular flexibility index (Phi) is 4.61. The Hall–Kier alpha value is -2.45. The van der Waals surface area contributed by atoms with Gasteiger partial charge in [-0.3, -0.25) is 9.31 Å². The Labute approximate surface area is 158 Å². The molecule has 0 radical (unpaired) electrons. The van der Waals surface area contributed by atoms with Crippen molar-refractivity contribution in [3.05, 3.63) is 35.7 Å². The zero-order chi connectivity index (χ0) is 19.0. The van der Waals surface area contributed by atoms with Gasteiger partial charge in [0.2, 0.25) is 0 Å². The Morgan fingerprint density at radius 2 is 2.04 bits per heavy atom. The van der Waals surface area contributed by atoms with E-state index in [1.807, 2.05) is 31.2 Å². The highest BCUT2D eigenvalue weighted by Gasteiger charge is 2.17. The van der Waals surface area contributed by atoms with E-state index in [0.29, 0.717) is 24.8 Å². The summed E-state index contributed by atoms with van der Waals surface area (Å²) < 4.78 is 17.7. The largest absolute Gasteiger partial charge is 0.378 e. The molecule has 1 atom stereocenters. The quantitative estimate of drug-likeness (QED) is 0.692. The molecule has 27 heavy (non-hydrogen) atoms. The van der Waals surface area contributed by atoms with E-state index in [1.165, 1.54) is 0 Å². The molecule has 142 valence electrons. The minimum atomic E-state index is -2.20. The molecule has 1 saturated heterocycles. The Morgan fingerprint density at radius 3 is 2.78 bits per heavy atom. The van der Waals surface area contributed by atoms with Crippen LogP contribution in [0.5, 0.6) is 0 Å². The van der Waals surface area contributed by atoms with Crippen molar-refractivity contribution >= 4 is 32.1 Å². The standard InChI is InChI=1S/C19H23N5O2S/c1-13-16-10-14(4-5-17(16)23-22-13)19-20-15(12-27(2,3)25)11-18(21-19)24-6-8-26-9-7-24/h4-5,10-11H,2,6-9,12H2,1,3H3,(H,22,23). The minimum Gasteiger partial charge on any atom is -0.378 e. The van der Waals surface area contributed by atoms with Crippen molar-refractivity contribution in [2.45, 2.75) is 12.7 Å². The average Bonchev–Trinajstić information content (AvgIpc) is 3.01. The third-order valence-electron chi connectivity index (χ3n) is 4.57. The molecule has 2 aromatic heterocycles. The molecule has 0 aliphatic carbocycles. The second-order valence-corrected chi connectivity index (χ2v) is 9.69. The van der Waals surface area contributed by atoms with Gasteiger partial charge in [-0.2, -0.15) is 5.10 Å². The maximum absolute atomic E-state index is 12.3. The smallest absolute Gasteiger partial charge is 0.161 e. The molecule has 1 N–H and O–H groups in total. The molecule has 1 fully saturated rings.